The third kappa shape index (κ3) is 4.41. The number of aryl methyl sites for hydroxylation is 1. The second kappa shape index (κ2) is 8.43. The number of aromatic nitrogens is 2. The van der Waals surface area contributed by atoms with Crippen molar-refractivity contribution < 1.29 is 19.4 Å². The summed E-state index contributed by atoms with van der Waals surface area (Å²) >= 11 is 1.51. The summed E-state index contributed by atoms with van der Waals surface area (Å²) in [7, 11) is 0. The molecular formula is C18H21N3O5S. The highest BCUT2D eigenvalue weighted by Crippen LogP contribution is 2.19. The van der Waals surface area contributed by atoms with Gasteiger partial charge in [0.25, 0.3) is 11.5 Å². The fourth-order valence-corrected chi connectivity index (χ4v) is 3.50. The largest absolute Gasteiger partial charge is 0.484 e. The van der Waals surface area contributed by atoms with Crippen LogP contribution in [0.3, 0.4) is 0 Å². The molecule has 2 N–H and O–H groups in total. The van der Waals surface area contributed by atoms with E-state index in [1.54, 1.807) is 22.8 Å². The van der Waals surface area contributed by atoms with Crippen LogP contribution in [-0.2, 0) is 22.6 Å². The summed E-state index contributed by atoms with van der Waals surface area (Å²) in [6.07, 6.45) is 3.91. The zero-order valence-corrected chi connectivity index (χ0v) is 15.8. The highest BCUT2D eigenvalue weighted by molar-refractivity contribution is 7.98. The van der Waals surface area contributed by atoms with Crippen molar-refractivity contribution in [1.29, 1.82) is 0 Å². The molecule has 144 valence electrons. The summed E-state index contributed by atoms with van der Waals surface area (Å²) in [6.45, 7) is 0.339. The van der Waals surface area contributed by atoms with Crippen LogP contribution in [0.25, 0.3) is 10.9 Å². The molecule has 0 spiro atoms. The van der Waals surface area contributed by atoms with Crippen LogP contribution in [0.15, 0.2) is 23.0 Å². The van der Waals surface area contributed by atoms with Gasteiger partial charge in [-0.1, -0.05) is 0 Å². The SMILES string of the molecule is CSCC[C@H](NC(=O)COc1ccc2nc3n(c(=O)c2c1)CCC3)C(=O)O. The Kier molecular flexibility index (Phi) is 6.00. The van der Waals surface area contributed by atoms with Gasteiger partial charge in [0, 0.05) is 13.0 Å². The number of carbonyl (C=O) groups is 2. The molecule has 0 saturated carbocycles. The Morgan fingerprint density at radius 3 is 3.00 bits per heavy atom. The molecule has 0 saturated heterocycles. The van der Waals surface area contributed by atoms with E-state index in [1.807, 2.05) is 6.26 Å². The Balaban J connectivity index is 1.67. The van der Waals surface area contributed by atoms with Crippen molar-refractivity contribution in [3.63, 3.8) is 0 Å². The minimum absolute atomic E-state index is 0.106. The van der Waals surface area contributed by atoms with Gasteiger partial charge >= 0.3 is 5.97 Å². The van der Waals surface area contributed by atoms with Crippen molar-refractivity contribution in [2.75, 3.05) is 18.6 Å². The van der Waals surface area contributed by atoms with Crippen molar-refractivity contribution >= 4 is 34.5 Å². The first-order chi connectivity index (χ1) is 13.0. The molecule has 1 aliphatic rings. The lowest BCUT2D eigenvalue weighted by Gasteiger charge is -2.14. The molecular weight excluding hydrogens is 370 g/mol. The fourth-order valence-electron chi connectivity index (χ4n) is 3.03. The van der Waals surface area contributed by atoms with E-state index in [-0.39, 0.29) is 12.2 Å². The number of nitrogens with zero attached hydrogens (tertiary/aromatic N) is 2. The summed E-state index contributed by atoms with van der Waals surface area (Å²) < 4.78 is 7.12. The number of hydrogen-bond acceptors (Lipinski definition) is 6. The van der Waals surface area contributed by atoms with Crippen molar-refractivity contribution in [2.45, 2.75) is 31.8 Å². The van der Waals surface area contributed by atoms with E-state index >= 15 is 0 Å². The maximum atomic E-state index is 12.6. The van der Waals surface area contributed by atoms with Gasteiger partial charge in [0.1, 0.15) is 17.6 Å². The van der Waals surface area contributed by atoms with E-state index in [2.05, 4.69) is 10.3 Å². The number of aliphatic carboxylic acids is 1. The van der Waals surface area contributed by atoms with Crippen molar-refractivity contribution in [1.82, 2.24) is 14.9 Å². The molecule has 1 aromatic heterocycles. The van der Waals surface area contributed by atoms with Crippen LogP contribution in [0.1, 0.15) is 18.7 Å². The Morgan fingerprint density at radius 1 is 1.44 bits per heavy atom. The first-order valence-electron chi connectivity index (χ1n) is 8.67. The molecule has 1 aliphatic heterocycles. The number of ether oxygens (including phenoxy) is 1. The number of rotatable bonds is 8. The van der Waals surface area contributed by atoms with Crippen LogP contribution in [-0.4, -0.2) is 51.2 Å². The molecule has 0 aliphatic carbocycles. The number of nitrogens with one attached hydrogen (secondary N) is 1. The van der Waals surface area contributed by atoms with Crippen molar-refractivity contribution in [2.24, 2.45) is 0 Å². The zero-order chi connectivity index (χ0) is 19.4. The van der Waals surface area contributed by atoms with Gasteiger partial charge in [-0.25, -0.2) is 9.78 Å². The van der Waals surface area contributed by atoms with Crippen molar-refractivity contribution in [3.8, 4) is 5.75 Å². The van der Waals surface area contributed by atoms with E-state index in [1.165, 1.54) is 11.8 Å². The number of fused-ring (bicyclic) bond motifs is 2. The lowest BCUT2D eigenvalue weighted by molar-refractivity contribution is -0.142. The van der Waals surface area contributed by atoms with Crippen LogP contribution in [0.5, 0.6) is 5.75 Å². The molecule has 2 heterocycles. The summed E-state index contributed by atoms with van der Waals surface area (Å²) in [5, 5.41) is 12.0. The number of carbonyl (C=O) groups excluding carboxylic acids is 1. The quantitative estimate of drug-likeness (QED) is 0.692. The summed E-state index contributed by atoms with van der Waals surface area (Å²) in [5.74, 6) is 0.198. The highest BCUT2D eigenvalue weighted by Gasteiger charge is 2.20. The van der Waals surface area contributed by atoms with Gasteiger partial charge in [-0.2, -0.15) is 11.8 Å². The molecule has 2 aromatic rings. The number of carboxylic acid groups (broad SMARTS) is 1. The predicted molar refractivity (Wildman–Crippen MR) is 102 cm³/mol. The third-order valence-corrected chi connectivity index (χ3v) is 5.04. The summed E-state index contributed by atoms with van der Waals surface area (Å²) in [5.41, 5.74) is 0.498. The van der Waals surface area contributed by atoms with E-state index in [0.29, 0.717) is 35.4 Å². The van der Waals surface area contributed by atoms with Gasteiger partial charge < -0.3 is 15.2 Å². The van der Waals surface area contributed by atoms with Gasteiger partial charge in [0.15, 0.2) is 6.61 Å². The first-order valence-corrected chi connectivity index (χ1v) is 10.1. The maximum absolute atomic E-state index is 12.6. The number of hydrogen-bond donors (Lipinski definition) is 2. The Morgan fingerprint density at radius 2 is 2.26 bits per heavy atom. The molecule has 8 nitrogen and oxygen atoms in total. The monoisotopic (exact) mass is 391 g/mol. The number of amides is 1. The topological polar surface area (TPSA) is 111 Å². The molecule has 1 atom stereocenters. The van der Waals surface area contributed by atoms with E-state index in [9.17, 15) is 14.4 Å². The molecule has 9 heteroatoms. The van der Waals surface area contributed by atoms with Crippen LogP contribution in [0, 0.1) is 0 Å². The summed E-state index contributed by atoms with van der Waals surface area (Å²) in [6, 6.07) is 3.98. The number of thioether (sulfide) groups is 1. The fraction of sp³-hybridized carbons (Fsp3) is 0.444. The molecule has 27 heavy (non-hydrogen) atoms. The average Bonchev–Trinajstić information content (AvgIpc) is 3.12. The molecule has 1 amide bonds. The van der Waals surface area contributed by atoms with E-state index < -0.39 is 17.9 Å². The zero-order valence-electron chi connectivity index (χ0n) is 14.9. The standard InChI is InChI=1S/C18H21N3O5S/c1-27-8-6-14(18(24)25)20-16(22)10-26-11-4-5-13-12(9-11)17(23)21-7-2-3-15(21)19-13/h4-5,9,14H,2-3,6-8,10H2,1H3,(H,20,22)(H,24,25)/t14-/m0/s1. The molecule has 3 rings (SSSR count). The van der Waals surface area contributed by atoms with Gasteiger partial charge in [-0.3, -0.25) is 14.2 Å². The molecule has 0 unspecified atom stereocenters. The Bertz CT molecular complexity index is 927. The average molecular weight is 391 g/mol. The molecule has 0 fully saturated rings. The van der Waals surface area contributed by atoms with Crippen LogP contribution >= 0.6 is 11.8 Å². The molecule has 1 aromatic carbocycles. The normalized spacial score (nSPS) is 14.0. The third-order valence-electron chi connectivity index (χ3n) is 4.40. The van der Waals surface area contributed by atoms with Gasteiger partial charge in [0.05, 0.1) is 10.9 Å². The predicted octanol–water partition coefficient (Wildman–Crippen LogP) is 1.04. The molecule has 0 bridgehead atoms. The number of benzene rings is 1. The van der Waals surface area contributed by atoms with E-state index in [4.69, 9.17) is 9.84 Å². The lowest BCUT2D eigenvalue weighted by atomic mass is 10.2. The van der Waals surface area contributed by atoms with Gasteiger partial charge in [0.2, 0.25) is 0 Å². The minimum Gasteiger partial charge on any atom is -0.484 e. The summed E-state index contributed by atoms with van der Waals surface area (Å²) in [4.78, 5) is 40.2. The second-order valence-corrected chi connectivity index (χ2v) is 7.28. The van der Waals surface area contributed by atoms with Crippen molar-refractivity contribution in [3.05, 3.63) is 34.4 Å². The second-order valence-electron chi connectivity index (χ2n) is 6.30. The Hall–Kier alpha value is -2.55. The highest BCUT2D eigenvalue weighted by atomic mass is 32.2. The van der Waals surface area contributed by atoms with Crippen LogP contribution < -0.4 is 15.6 Å². The number of carboxylic acids is 1. The first kappa shape index (κ1) is 19.2. The minimum atomic E-state index is -1.07. The van der Waals surface area contributed by atoms with Gasteiger partial charge in [-0.05, 0) is 43.0 Å². The van der Waals surface area contributed by atoms with Gasteiger partial charge in [-0.15, -0.1) is 0 Å². The van der Waals surface area contributed by atoms with Crippen LogP contribution in [0.2, 0.25) is 0 Å². The maximum Gasteiger partial charge on any atom is 0.326 e. The lowest BCUT2D eigenvalue weighted by Crippen LogP contribution is -2.43. The smallest absolute Gasteiger partial charge is 0.326 e. The molecule has 0 radical (unpaired) electrons. The Labute approximate surface area is 159 Å². The van der Waals surface area contributed by atoms with E-state index in [0.717, 1.165) is 18.7 Å². The van der Waals surface area contributed by atoms with Crippen LogP contribution in [0.4, 0.5) is 0 Å².